The molecule has 1 amide bonds. The summed E-state index contributed by atoms with van der Waals surface area (Å²) in [5, 5.41) is 8.19. The Morgan fingerprint density at radius 1 is 1.39 bits per heavy atom. The number of rotatable bonds is 2. The summed E-state index contributed by atoms with van der Waals surface area (Å²) >= 11 is 0. The molecule has 3 aliphatic heterocycles. The van der Waals surface area contributed by atoms with Gasteiger partial charge in [-0.3, -0.25) is 9.89 Å². The summed E-state index contributed by atoms with van der Waals surface area (Å²) < 4.78 is 5.24. The van der Waals surface area contributed by atoms with Gasteiger partial charge in [-0.15, -0.1) is 0 Å². The Balaban J connectivity index is 1.53. The smallest absolute Gasteiger partial charge is 0.275 e. The van der Waals surface area contributed by atoms with Gasteiger partial charge in [0.05, 0.1) is 12.6 Å². The molecule has 0 spiro atoms. The normalized spacial score (nSPS) is 31.8. The van der Waals surface area contributed by atoms with Crippen LogP contribution in [0.4, 0.5) is 0 Å². The molecular weight excluding hydrogens is 292 g/mol. The predicted octanol–water partition coefficient (Wildman–Crippen LogP) is 1.49. The fourth-order valence-electron chi connectivity index (χ4n) is 4.78. The molecule has 3 aliphatic rings. The first-order chi connectivity index (χ1) is 11.2. The Morgan fingerprint density at radius 2 is 2.30 bits per heavy atom. The van der Waals surface area contributed by atoms with Crippen molar-refractivity contribution in [2.45, 2.75) is 24.9 Å². The first-order valence-electron chi connectivity index (χ1n) is 8.32. The van der Waals surface area contributed by atoms with Crippen LogP contribution in [0.3, 0.4) is 0 Å². The number of aromatic amines is 1. The summed E-state index contributed by atoms with van der Waals surface area (Å²) in [6.07, 6.45) is 2.26. The minimum absolute atomic E-state index is 0.0858. The van der Waals surface area contributed by atoms with E-state index in [9.17, 15) is 4.79 Å². The van der Waals surface area contributed by atoms with E-state index in [4.69, 9.17) is 4.74 Å². The van der Waals surface area contributed by atoms with Gasteiger partial charge in [-0.05, 0) is 30.9 Å². The molecule has 4 unspecified atom stereocenters. The van der Waals surface area contributed by atoms with Crippen molar-refractivity contribution in [3.05, 3.63) is 23.9 Å². The summed E-state index contributed by atoms with van der Waals surface area (Å²) in [5.41, 5.74) is 1.40. The zero-order chi connectivity index (χ0) is 15.6. The molecule has 5 rings (SSSR count). The standard InChI is InChI=1S/C17H20N4O2/c1-23-12-2-3-13-14(7-12)18-19-16(13)17(22)21-11-6-10-8-20(9-11)5-4-15(10)21/h2-3,7,10-11,15H,4-6,8-9H2,1H3,(H,18,19). The molecule has 2 aromatic rings. The number of hydrogen-bond acceptors (Lipinski definition) is 4. The van der Waals surface area contributed by atoms with E-state index in [1.54, 1.807) is 7.11 Å². The SMILES string of the molecule is COc1ccc2c(C(=O)N3C4CC5CN(CCC53)C4)n[nH]c2c1. The molecule has 120 valence electrons. The number of H-pyrrole nitrogens is 1. The molecule has 0 radical (unpaired) electrons. The van der Waals surface area contributed by atoms with Gasteiger partial charge in [0.1, 0.15) is 5.75 Å². The number of piperidine rings is 2. The molecule has 1 aromatic heterocycles. The van der Waals surface area contributed by atoms with Crippen molar-refractivity contribution in [2.75, 3.05) is 26.7 Å². The molecule has 0 saturated carbocycles. The number of benzene rings is 1. The summed E-state index contributed by atoms with van der Waals surface area (Å²) in [5.74, 6) is 1.50. The van der Waals surface area contributed by atoms with E-state index in [1.807, 2.05) is 18.2 Å². The lowest BCUT2D eigenvalue weighted by Crippen LogP contribution is -2.44. The molecule has 23 heavy (non-hydrogen) atoms. The number of methoxy groups -OCH3 is 1. The minimum Gasteiger partial charge on any atom is -0.497 e. The average Bonchev–Trinajstić information content (AvgIpc) is 3.06. The van der Waals surface area contributed by atoms with Gasteiger partial charge < -0.3 is 14.5 Å². The highest BCUT2D eigenvalue weighted by Crippen LogP contribution is 2.41. The Labute approximate surface area is 134 Å². The number of nitrogens with one attached hydrogen (secondary N) is 1. The molecule has 3 bridgehead atoms. The number of ether oxygens (including phenoxy) is 1. The van der Waals surface area contributed by atoms with Gasteiger partial charge in [-0.1, -0.05) is 0 Å². The van der Waals surface area contributed by atoms with E-state index in [2.05, 4.69) is 20.0 Å². The van der Waals surface area contributed by atoms with Crippen LogP contribution >= 0.6 is 0 Å². The number of carbonyl (C=O) groups excluding carboxylic acids is 1. The van der Waals surface area contributed by atoms with Crippen molar-refractivity contribution in [3.63, 3.8) is 0 Å². The Bertz CT molecular complexity index is 786. The second-order valence-electron chi connectivity index (χ2n) is 6.96. The van der Waals surface area contributed by atoms with Crippen molar-refractivity contribution in [3.8, 4) is 5.75 Å². The monoisotopic (exact) mass is 312 g/mol. The number of likely N-dealkylation sites (tertiary alicyclic amines) is 1. The van der Waals surface area contributed by atoms with Gasteiger partial charge in [-0.2, -0.15) is 5.10 Å². The minimum atomic E-state index is 0.0858. The summed E-state index contributed by atoms with van der Waals surface area (Å²) in [4.78, 5) is 17.8. The molecule has 0 aliphatic carbocycles. The van der Waals surface area contributed by atoms with Crippen molar-refractivity contribution < 1.29 is 9.53 Å². The van der Waals surface area contributed by atoms with E-state index in [0.717, 1.165) is 49.1 Å². The quantitative estimate of drug-likeness (QED) is 0.913. The molecule has 1 N–H and O–H groups in total. The van der Waals surface area contributed by atoms with Gasteiger partial charge in [0.25, 0.3) is 5.91 Å². The third kappa shape index (κ3) is 1.84. The third-order valence-electron chi connectivity index (χ3n) is 5.78. The van der Waals surface area contributed by atoms with Crippen LogP contribution in [0.15, 0.2) is 18.2 Å². The highest BCUT2D eigenvalue weighted by atomic mass is 16.5. The van der Waals surface area contributed by atoms with Crippen LogP contribution in [0, 0.1) is 5.92 Å². The maximum absolute atomic E-state index is 13.2. The molecule has 6 nitrogen and oxygen atoms in total. The van der Waals surface area contributed by atoms with Gasteiger partial charge >= 0.3 is 0 Å². The molecule has 3 saturated heterocycles. The lowest BCUT2D eigenvalue weighted by atomic mass is 9.89. The molecule has 4 heterocycles. The lowest BCUT2D eigenvalue weighted by molar-refractivity contribution is 0.0668. The van der Waals surface area contributed by atoms with Crippen LogP contribution in [0.5, 0.6) is 5.75 Å². The number of nitrogens with zero attached hydrogens (tertiary/aromatic N) is 3. The number of aromatic nitrogens is 2. The van der Waals surface area contributed by atoms with Gasteiger partial charge in [0, 0.05) is 43.2 Å². The van der Waals surface area contributed by atoms with Crippen molar-refractivity contribution >= 4 is 16.8 Å². The van der Waals surface area contributed by atoms with Gasteiger partial charge in [0.2, 0.25) is 0 Å². The Hall–Kier alpha value is -2.08. The Morgan fingerprint density at radius 3 is 3.17 bits per heavy atom. The maximum atomic E-state index is 13.2. The van der Waals surface area contributed by atoms with Gasteiger partial charge in [-0.25, -0.2) is 0 Å². The molecule has 3 fully saturated rings. The van der Waals surface area contributed by atoms with Crippen molar-refractivity contribution in [1.29, 1.82) is 0 Å². The fourth-order valence-corrected chi connectivity index (χ4v) is 4.78. The topological polar surface area (TPSA) is 61.5 Å². The lowest BCUT2D eigenvalue weighted by Gasteiger charge is -2.35. The van der Waals surface area contributed by atoms with Crippen LogP contribution in [0.2, 0.25) is 0 Å². The average molecular weight is 312 g/mol. The second kappa shape index (κ2) is 4.71. The van der Waals surface area contributed by atoms with E-state index in [1.165, 1.54) is 0 Å². The van der Waals surface area contributed by atoms with Crippen LogP contribution in [-0.4, -0.2) is 64.7 Å². The predicted molar refractivity (Wildman–Crippen MR) is 85.6 cm³/mol. The van der Waals surface area contributed by atoms with E-state index >= 15 is 0 Å². The number of amides is 1. The molecule has 4 atom stereocenters. The molecular formula is C17H20N4O2. The first kappa shape index (κ1) is 13.4. The third-order valence-corrected chi connectivity index (χ3v) is 5.78. The highest BCUT2D eigenvalue weighted by molar-refractivity contribution is 6.05. The Kier molecular flexibility index (Phi) is 2.74. The van der Waals surface area contributed by atoms with Crippen molar-refractivity contribution in [1.82, 2.24) is 20.0 Å². The summed E-state index contributed by atoms with van der Waals surface area (Å²) in [7, 11) is 1.64. The number of hydrogen-bond donors (Lipinski definition) is 1. The highest BCUT2D eigenvalue weighted by Gasteiger charge is 2.50. The van der Waals surface area contributed by atoms with E-state index in [0.29, 0.717) is 23.7 Å². The summed E-state index contributed by atoms with van der Waals surface area (Å²) in [6, 6.07) is 6.45. The van der Waals surface area contributed by atoms with Crippen LogP contribution in [0.25, 0.3) is 10.9 Å². The first-order valence-corrected chi connectivity index (χ1v) is 8.32. The van der Waals surface area contributed by atoms with Crippen LogP contribution in [0.1, 0.15) is 23.3 Å². The number of fused-ring (bicyclic) bond motifs is 3. The number of carbonyl (C=O) groups is 1. The largest absolute Gasteiger partial charge is 0.497 e. The maximum Gasteiger partial charge on any atom is 0.275 e. The second-order valence-corrected chi connectivity index (χ2v) is 6.96. The zero-order valence-electron chi connectivity index (χ0n) is 13.2. The van der Waals surface area contributed by atoms with E-state index in [-0.39, 0.29) is 5.91 Å². The summed E-state index contributed by atoms with van der Waals surface area (Å²) in [6.45, 7) is 3.30. The fraction of sp³-hybridized carbons (Fsp3) is 0.529. The zero-order valence-corrected chi connectivity index (χ0v) is 13.2. The van der Waals surface area contributed by atoms with E-state index < -0.39 is 0 Å². The molecule has 6 heteroatoms. The van der Waals surface area contributed by atoms with Crippen LogP contribution in [-0.2, 0) is 0 Å². The molecule has 1 aromatic carbocycles. The van der Waals surface area contributed by atoms with Crippen LogP contribution < -0.4 is 4.74 Å². The van der Waals surface area contributed by atoms with Gasteiger partial charge in [0.15, 0.2) is 5.69 Å². The van der Waals surface area contributed by atoms with Crippen molar-refractivity contribution in [2.24, 2.45) is 5.92 Å².